The van der Waals surface area contributed by atoms with Crippen molar-refractivity contribution in [3.8, 4) is 0 Å². The van der Waals surface area contributed by atoms with Crippen molar-refractivity contribution in [1.82, 2.24) is 5.32 Å². The molecule has 0 atom stereocenters. The van der Waals surface area contributed by atoms with Crippen molar-refractivity contribution in [3.05, 3.63) is 28.2 Å². The molecule has 0 spiro atoms. The van der Waals surface area contributed by atoms with Gasteiger partial charge in [0.1, 0.15) is 0 Å². The van der Waals surface area contributed by atoms with E-state index in [9.17, 15) is 4.79 Å². The lowest BCUT2D eigenvalue weighted by atomic mass is 9.49. The van der Waals surface area contributed by atoms with Crippen LogP contribution in [0.3, 0.4) is 0 Å². The number of halogens is 2. The van der Waals surface area contributed by atoms with Crippen LogP contribution in [0.1, 0.15) is 44.9 Å². The largest absolute Gasteiger partial charge is 0.331 e. The Labute approximate surface area is 163 Å². The fraction of sp³-hybridized carbons (Fsp3) is 0.579. The van der Waals surface area contributed by atoms with Crippen LogP contribution in [0.5, 0.6) is 0 Å². The molecule has 4 fully saturated rings. The zero-order valence-corrected chi connectivity index (χ0v) is 16.3. The van der Waals surface area contributed by atoms with E-state index in [0.717, 1.165) is 17.8 Å². The summed E-state index contributed by atoms with van der Waals surface area (Å²) >= 11 is 17.3. The second-order valence-electron chi connectivity index (χ2n) is 8.22. The maximum atomic E-state index is 12.6. The predicted octanol–water partition coefficient (Wildman–Crippen LogP) is 5.41. The zero-order chi connectivity index (χ0) is 17.6. The van der Waals surface area contributed by atoms with Gasteiger partial charge in [-0.2, -0.15) is 0 Å². The molecular weight excluding hydrogens is 375 g/mol. The number of anilines is 1. The van der Waals surface area contributed by atoms with Gasteiger partial charge in [0.2, 0.25) is 5.91 Å². The molecule has 3 nitrogen and oxygen atoms in total. The van der Waals surface area contributed by atoms with E-state index in [1.807, 2.05) is 0 Å². The van der Waals surface area contributed by atoms with Crippen molar-refractivity contribution in [1.29, 1.82) is 0 Å². The van der Waals surface area contributed by atoms with Crippen molar-refractivity contribution in [3.63, 3.8) is 0 Å². The Morgan fingerprint density at radius 2 is 1.72 bits per heavy atom. The molecule has 2 N–H and O–H groups in total. The lowest BCUT2D eigenvalue weighted by Crippen LogP contribution is -2.48. The van der Waals surface area contributed by atoms with Gasteiger partial charge in [-0.3, -0.25) is 4.79 Å². The third-order valence-electron chi connectivity index (χ3n) is 6.13. The Balaban J connectivity index is 1.35. The van der Waals surface area contributed by atoms with Crippen LogP contribution in [0.4, 0.5) is 5.69 Å². The molecule has 4 bridgehead atoms. The molecule has 6 heteroatoms. The highest BCUT2D eigenvalue weighted by Crippen LogP contribution is 2.61. The van der Waals surface area contributed by atoms with Gasteiger partial charge in [0.05, 0.1) is 10.7 Å². The van der Waals surface area contributed by atoms with Crippen molar-refractivity contribution in [2.45, 2.75) is 44.9 Å². The second-order valence-corrected chi connectivity index (χ2v) is 9.47. The maximum absolute atomic E-state index is 12.6. The molecule has 134 valence electrons. The molecule has 0 saturated heterocycles. The molecule has 0 unspecified atom stereocenters. The van der Waals surface area contributed by atoms with Crippen molar-refractivity contribution >= 4 is 52.1 Å². The fourth-order valence-corrected chi connectivity index (χ4v) is 6.44. The lowest BCUT2D eigenvalue weighted by molar-refractivity contribution is -0.127. The number of carbonyl (C=O) groups excluding carboxylic acids is 1. The standard InChI is InChI=1S/C19H22Cl2N2OS/c20-14-1-2-16(15(21)6-14)22-18(25)23-17(24)10-19-7-11-3-12(8-19)5-13(4-11)9-19/h1-2,6,11-13H,3-5,7-10H2,(H2,22,23,24,25). The van der Waals surface area contributed by atoms with Crippen LogP contribution in [0.25, 0.3) is 0 Å². The number of amides is 1. The third-order valence-corrected chi connectivity index (χ3v) is 6.88. The maximum Gasteiger partial charge on any atom is 0.226 e. The molecule has 4 aliphatic carbocycles. The highest BCUT2D eigenvalue weighted by atomic mass is 35.5. The molecule has 1 aromatic rings. The van der Waals surface area contributed by atoms with E-state index in [1.54, 1.807) is 18.2 Å². The fourth-order valence-electron chi connectivity index (χ4n) is 5.76. The van der Waals surface area contributed by atoms with Crippen LogP contribution in [-0.2, 0) is 4.79 Å². The van der Waals surface area contributed by atoms with E-state index in [4.69, 9.17) is 35.4 Å². The SMILES string of the molecule is O=C(CC12CC3CC(CC(C3)C1)C2)NC(=S)Nc1ccc(Cl)cc1Cl. The van der Waals surface area contributed by atoms with Crippen LogP contribution in [0.2, 0.25) is 10.0 Å². The lowest BCUT2D eigenvalue weighted by Gasteiger charge is -2.56. The Morgan fingerprint density at radius 3 is 2.28 bits per heavy atom. The van der Waals surface area contributed by atoms with Crippen molar-refractivity contribution in [2.75, 3.05) is 5.32 Å². The first kappa shape index (κ1) is 17.6. The van der Waals surface area contributed by atoms with E-state index < -0.39 is 0 Å². The van der Waals surface area contributed by atoms with E-state index in [-0.39, 0.29) is 11.3 Å². The Hall–Kier alpha value is -0.840. The molecule has 4 saturated carbocycles. The minimum Gasteiger partial charge on any atom is -0.331 e. The summed E-state index contributed by atoms with van der Waals surface area (Å²) in [6.45, 7) is 0. The first-order valence-electron chi connectivity index (χ1n) is 8.97. The Bertz CT molecular complexity index is 686. The van der Waals surface area contributed by atoms with Gasteiger partial charge < -0.3 is 10.6 Å². The molecule has 1 amide bonds. The minimum atomic E-state index is 0.0181. The highest BCUT2D eigenvalue weighted by Gasteiger charge is 2.51. The number of thiocarbonyl (C=S) groups is 1. The quantitative estimate of drug-likeness (QED) is 0.670. The monoisotopic (exact) mass is 396 g/mol. The summed E-state index contributed by atoms with van der Waals surface area (Å²) < 4.78 is 0. The number of nitrogens with one attached hydrogen (secondary N) is 2. The van der Waals surface area contributed by atoms with Gasteiger partial charge in [-0.05, 0) is 92.1 Å². The normalized spacial score (nSPS) is 32.5. The first-order valence-corrected chi connectivity index (χ1v) is 10.1. The van der Waals surface area contributed by atoms with Crippen LogP contribution < -0.4 is 10.6 Å². The van der Waals surface area contributed by atoms with E-state index in [0.29, 0.717) is 27.3 Å². The summed E-state index contributed by atoms with van der Waals surface area (Å²) in [6.07, 6.45) is 8.40. The van der Waals surface area contributed by atoms with E-state index in [2.05, 4.69) is 10.6 Å². The van der Waals surface area contributed by atoms with Gasteiger partial charge in [-0.25, -0.2) is 0 Å². The Kier molecular flexibility index (Phi) is 4.72. The molecule has 4 aliphatic rings. The van der Waals surface area contributed by atoms with Gasteiger partial charge >= 0.3 is 0 Å². The van der Waals surface area contributed by atoms with Crippen LogP contribution in [0.15, 0.2) is 18.2 Å². The summed E-state index contributed by atoms with van der Waals surface area (Å²) in [5.74, 6) is 2.55. The molecule has 25 heavy (non-hydrogen) atoms. The third kappa shape index (κ3) is 3.81. The van der Waals surface area contributed by atoms with Gasteiger partial charge in [0.25, 0.3) is 0 Å². The first-order chi connectivity index (χ1) is 11.9. The molecular formula is C19H22Cl2N2OS. The summed E-state index contributed by atoms with van der Waals surface area (Å²) in [4.78, 5) is 12.6. The van der Waals surface area contributed by atoms with E-state index >= 15 is 0 Å². The van der Waals surface area contributed by atoms with Gasteiger partial charge in [-0.1, -0.05) is 23.2 Å². The average Bonchev–Trinajstić information content (AvgIpc) is 2.47. The van der Waals surface area contributed by atoms with Crippen molar-refractivity contribution in [2.24, 2.45) is 23.2 Å². The summed E-state index contributed by atoms with van der Waals surface area (Å²) in [5.41, 5.74) is 0.859. The number of rotatable bonds is 3. The minimum absolute atomic E-state index is 0.0181. The number of hydrogen-bond donors (Lipinski definition) is 2. The average molecular weight is 397 g/mol. The summed E-state index contributed by atoms with van der Waals surface area (Å²) in [7, 11) is 0. The molecule has 0 heterocycles. The smallest absolute Gasteiger partial charge is 0.226 e. The van der Waals surface area contributed by atoms with Crippen LogP contribution in [-0.4, -0.2) is 11.0 Å². The second kappa shape index (κ2) is 6.71. The van der Waals surface area contributed by atoms with Crippen LogP contribution >= 0.6 is 35.4 Å². The van der Waals surface area contributed by atoms with Crippen molar-refractivity contribution < 1.29 is 4.79 Å². The Morgan fingerprint density at radius 1 is 1.12 bits per heavy atom. The van der Waals surface area contributed by atoms with Gasteiger partial charge in [0, 0.05) is 11.4 Å². The number of hydrogen-bond acceptors (Lipinski definition) is 2. The summed E-state index contributed by atoms with van der Waals surface area (Å²) in [6, 6.07) is 5.13. The van der Waals surface area contributed by atoms with Gasteiger partial charge in [0.15, 0.2) is 5.11 Å². The van der Waals surface area contributed by atoms with Gasteiger partial charge in [-0.15, -0.1) is 0 Å². The molecule has 5 rings (SSSR count). The highest BCUT2D eigenvalue weighted by molar-refractivity contribution is 7.80. The topological polar surface area (TPSA) is 41.1 Å². The molecule has 0 radical (unpaired) electrons. The predicted molar refractivity (Wildman–Crippen MR) is 106 cm³/mol. The zero-order valence-electron chi connectivity index (χ0n) is 14.0. The van der Waals surface area contributed by atoms with Crippen LogP contribution in [0, 0.1) is 23.2 Å². The molecule has 0 aliphatic heterocycles. The molecule has 0 aromatic heterocycles. The number of carbonyl (C=O) groups is 1. The van der Waals surface area contributed by atoms with E-state index in [1.165, 1.54) is 38.5 Å². The summed E-state index contributed by atoms with van der Waals surface area (Å²) in [5, 5.41) is 7.15. The number of benzene rings is 1. The molecule has 1 aromatic carbocycles.